The van der Waals surface area contributed by atoms with Crippen molar-refractivity contribution in [2.75, 3.05) is 6.54 Å². The maximum absolute atomic E-state index is 5.23. The van der Waals surface area contributed by atoms with E-state index in [-0.39, 0.29) is 0 Å². The lowest BCUT2D eigenvalue weighted by atomic mass is 9.86. The largest absolute Gasteiger partial charge is 0.494 e. The van der Waals surface area contributed by atoms with Crippen molar-refractivity contribution in [3.05, 3.63) is 131 Å². The summed E-state index contributed by atoms with van der Waals surface area (Å²) in [5.41, 5.74) is 7.92. The number of ether oxygens (including phenoxy) is 1. The molecular formula is C35H45NO. The first-order valence-electron chi connectivity index (χ1n) is 13.6. The van der Waals surface area contributed by atoms with Crippen LogP contribution in [0.3, 0.4) is 0 Å². The van der Waals surface area contributed by atoms with Crippen molar-refractivity contribution in [1.82, 2.24) is 4.90 Å². The molecule has 0 N–H and O–H groups in total. The Morgan fingerprint density at radius 1 is 0.865 bits per heavy atom. The van der Waals surface area contributed by atoms with Crippen LogP contribution >= 0.6 is 0 Å². The van der Waals surface area contributed by atoms with Crippen molar-refractivity contribution in [1.29, 1.82) is 0 Å². The molecular weight excluding hydrogens is 450 g/mol. The van der Waals surface area contributed by atoms with Crippen LogP contribution in [-0.2, 0) is 11.3 Å². The van der Waals surface area contributed by atoms with Crippen LogP contribution in [0.25, 0.3) is 0 Å². The molecule has 1 aliphatic rings. The third-order valence-corrected chi connectivity index (χ3v) is 7.14. The minimum atomic E-state index is 0.472. The van der Waals surface area contributed by atoms with Gasteiger partial charge in [-0.1, -0.05) is 110 Å². The molecule has 1 aliphatic carbocycles. The molecule has 2 unspecified atom stereocenters. The Kier molecular flexibility index (Phi) is 10.6. The van der Waals surface area contributed by atoms with Gasteiger partial charge in [0.25, 0.3) is 0 Å². The molecule has 0 aromatic heterocycles. The second kappa shape index (κ2) is 13.9. The van der Waals surface area contributed by atoms with E-state index in [1.165, 1.54) is 52.8 Å². The monoisotopic (exact) mass is 495 g/mol. The van der Waals surface area contributed by atoms with Crippen molar-refractivity contribution < 1.29 is 4.74 Å². The molecule has 0 bridgehead atoms. The summed E-state index contributed by atoms with van der Waals surface area (Å²) >= 11 is 0. The van der Waals surface area contributed by atoms with Crippen LogP contribution in [0.15, 0.2) is 103 Å². The molecule has 3 aromatic rings. The van der Waals surface area contributed by atoms with Crippen LogP contribution in [0.1, 0.15) is 73.8 Å². The highest BCUT2D eigenvalue weighted by Crippen LogP contribution is 2.37. The van der Waals surface area contributed by atoms with Gasteiger partial charge >= 0.3 is 0 Å². The van der Waals surface area contributed by atoms with Gasteiger partial charge in [-0.3, -0.25) is 0 Å². The average molecular weight is 496 g/mol. The second-order valence-corrected chi connectivity index (χ2v) is 10.7. The molecule has 0 spiro atoms. The van der Waals surface area contributed by atoms with Gasteiger partial charge in [-0.25, -0.2) is 0 Å². The van der Waals surface area contributed by atoms with Crippen LogP contribution in [0.2, 0.25) is 0 Å². The highest BCUT2D eigenvalue weighted by Gasteiger charge is 2.37. The number of hydrogen-bond acceptors (Lipinski definition) is 2. The van der Waals surface area contributed by atoms with Crippen molar-refractivity contribution >= 4 is 0 Å². The van der Waals surface area contributed by atoms with Crippen molar-refractivity contribution in [2.24, 2.45) is 5.92 Å². The zero-order chi connectivity index (χ0) is 26.8. The topological polar surface area (TPSA) is 12.5 Å². The number of hydrogen-bond donors (Lipinski definition) is 0. The van der Waals surface area contributed by atoms with Gasteiger partial charge in [0.05, 0.1) is 5.76 Å². The van der Waals surface area contributed by atoms with Crippen molar-refractivity contribution in [3.63, 3.8) is 0 Å². The van der Waals surface area contributed by atoms with E-state index in [0.717, 1.165) is 24.3 Å². The lowest BCUT2D eigenvalue weighted by Crippen LogP contribution is -2.26. The van der Waals surface area contributed by atoms with Crippen molar-refractivity contribution in [2.45, 2.75) is 72.4 Å². The Labute approximate surface area is 225 Å². The molecule has 1 fully saturated rings. The van der Waals surface area contributed by atoms with Crippen LogP contribution in [0, 0.1) is 19.8 Å². The van der Waals surface area contributed by atoms with E-state index in [1.807, 2.05) is 37.3 Å². The molecule has 37 heavy (non-hydrogen) atoms. The number of allylic oxidation sites excluding steroid dienone is 2. The first kappa shape index (κ1) is 28.3. The van der Waals surface area contributed by atoms with Gasteiger partial charge in [-0.2, -0.15) is 0 Å². The first-order valence-corrected chi connectivity index (χ1v) is 13.6. The zero-order valence-corrected chi connectivity index (χ0v) is 23.5. The van der Waals surface area contributed by atoms with E-state index >= 15 is 0 Å². The first-order chi connectivity index (χ1) is 17.7. The Balaban J connectivity index is 0.000000289. The second-order valence-electron chi connectivity index (χ2n) is 10.7. The maximum atomic E-state index is 5.23. The Morgan fingerprint density at radius 2 is 1.38 bits per heavy atom. The molecule has 196 valence electrons. The molecule has 2 heteroatoms. The molecule has 2 atom stereocenters. The molecule has 1 saturated carbocycles. The summed E-state index contributed by atoms with van der Waals surface area (Å²) in [7, 11) is 0. The molecule has 0 heterocycles. The van der Waals surface area contributed by atoms with E-state index in [0.29, 0.717) is 12.5 Å². The summed E-state index contributed by atoms with van der Waals surface area (Å²) in [6, 6.07) is 28.9. The third-order valence-electron chi connectivity index (χ3n) is 7.14. The minimum Gasteiger partial charge on any atom is -0.494 e. The van der Waals surface area contributed by atoms with E-state index in [1.54, 1.807) is 0 Å². The Hall–Kier alpha value is -3.26. The van der Waals surface area contributed by atoms with E-state index < -0.39 is 0 Å². The third kappa shape index (κ3) is 9.28. The fourth-order valence-electron chi connectivity index (χ4n) is 4.75. The van der Waals surface area contributed by atoms with Gasteiger partial charge in [0.1, 0.15) is 6.61 Å². The summed E-state index contributed by atoms with van der Waals surface area (Å²) in [4.78, 5) is 2.53. The molecule has 0 saturated heterocycles. The smallest absolute Gasteiger partial charge is 0.113 e. The molecule has 3 aromatic carbocycles. The molecule has 0 aliphatic heterocycles. The van der Waals surface area contributed by atoms with Crippen molar-refractivity contribution in [3.8, 4) is 0 Å². The molecule has 2 nitrogen and oxygen atoms in total. The van der Waals surface area contributed by atoms with Gasteiger partial charge in [0, 0.05) is 24.2 Å². The Bertz CT molecular complexity index is 1070. The lowest BCUT2D eigenvalue weighted by Gasteiger charge is -2.26. The van der Waals surface area contributed by atoms with Crippen LogP contribution < -0.4 is 0 Å². The van der Waals surface area contributed by atoms with Gasteiger partial charge in [-0.15, -0.1) is 0 Å². The predicted molar refractivity (Wildman–Crippen MR) is 159 cm³/mol. The summed E-state index contributed by atoms with van der Waals surface area (Å²) < 4.78 is 5.23. The predicted octanol–water partition coefficient (Wildman–Crippen LogP) is 9.20. The van der Waals surface area contributed by atoms with E-state index in [9.17, 15) is 0 Å². The zero-order valence-electron chi connectivity index (χ0n) is 23.5. The SMILES string of the molecule is C=C(C)N(CCCC(c1ccc(C)cc1)c1ccc(C)cc1)C1CC1C.C=C(C)OCc1ccccc1. The lowest BCUT2D eigenvalue weighted by molar-refractivity contribution is 0.202. The highest BCUT2D eigenvalue weighted by atomic mass is 16.5. The quantitative estimate of drug-likeness (QED) is 0.246. The van der Waals surface area contributed by atoms with Crippen LogP contribution in [0.5, 0.6) is 0 Å². The van der Waals surface area contributed by atoms with E-state index in [2.05, 4.69) is 94.3 Å². The number of aryl methyl sites for hydroxylation is 2. The highest BCUT2D eigenvalue weighted by molar-refractivity contribution is 5.35. The Morgan fingerprint density at radius 3 is 1.81 bits per heavy atom. The van der Waals surface area contributed by atoms with Gasteiger partial charge < -0.3 is 9.64 Å². The van der Waals surface area contributed by atoms with Gasteiger partial charge in [0.2, 0.25) is 0 Å². The summed E-state index contributed by atoms with van der Waals surface area (Å²) in [6.45, 7) is 20.3. The van der Waals surface area contributed by atoms with E-state index in [4.69, 9.17) is 4.74 Å². The van der Waals surface area contributed by atoms with Crippen LogP contribution in [-0.4, -0.2) is 17.5 Å². The maximum Gasteiger partial charge on any atom is 0.113 e. The van der Waals surface area contributed by atoms with Gasteiger partial charge in [0.15, 0.2) is 0 Å². The molecule has 4 rings (SSSR count). The van der Waals surface area contributed by atoms with Gasteiger partial charge in [-0.05, 0) is 69.6 Å². The number of benzene rings is 3. The van der Waals surface area contributed by atoms with Crippen LogP contribution in [0.4, 0.5) is 0 Å². The fourth-order valence-corrected chi connectivity index (χ4v) is 4.75. The average Bonchev–Trinajstić information content (AvgIpc) is 3.61. The number of nitrogens with zero attached hydrogens (tertiary/aromatic N) is 1. The molecule has 0 amide bonds. The number of rotatable bonds is 11. The molecule has 0 radical (unpaired) electrons. The fraction of sp³-hybridized carbons (Fsp3) is 0.371. The minimum absolute atomic E-state index is 0.472. The normalized spacial score (nSPS) is 15.9. The summed E-state index contributed by atoms with van der Waals surface area (Å²) in [5, 5.41) is 0. The summed E-state index contributed by atoms with van der Waals surface area (Å²) in [5.74, 6) is 2.06. The summed E-state index contributed by atoms with van der Waals surface area (Å²) in [6.07, 6.45) is 3.70. The standard InChI is InChI=1S/C25H33N.C10H12O/c1-18(2)26(25-17-21(25)5)16-6-7-24(22-12-8-19(3)9-13-22)23-14-10-20(4)11-15-23;1-9(2)11-8-10-6-4-3-5-7-10/h8-15,21,24-25H,1,6-7,16-17H2,2-5H3;3-7H,1,8H2,2H3.